The zero-order chi connectivity index (χ0) is 15.3. The molecular weight excluding hydrogens is 280 g/mol. The van der Waals surface area contributed by atoms with Gasteiger partial charge in [-0.2, -0.15) is 0 Å². The van der Waals surface area contributed by atoms with Gasteiger partial charge in [0.25, 0.3) is 0 Å². The Kier molecular flexibility index (Phi) is 2.78. The largest absolute Gasteiger partial charge is 0.488 e. The number of carbonyl (C=O) groups is 1. The van der Waals surface area contributed by atoms with Gasteiger partial charge in [-0.1, -0.05) is 24.3 Å². The molecule has 0 radical (unpaired) electrons. The molecule has 2 aliphatic heterocycles. The van der Waals surface area contributed by atoms with Crippen molar-refractivity contribution in [2.24, 2.45) is 0 Å². The van der Waals surface area contributed by atoms with Crippen LogP contribution in [-0.4, -0.2) is 19.7 Å². The van der Waals surface area contributed by atoms with Gasteiger partial charge in [-0.15, -0.1) is 0 Å². The lowest BCUT2D eigenvalue weighted by atomic mass is 9.87. The van der Waals surface area contributed by atoms with Crippen LogP contribution in [0.3, 0.4) is 0 Å². The van der Waals surface area contributed by atoms with Crippen molar-refractivity contribution in [3.8, 4) is 5.75 Å². The molecule has 0 aliphatic carbocycles. The van der Waals surface area contributed by atoms with Crippen LogP contribution in [0, 0.1) is 6.92 Å². The summed E-state index contributed by atoms with van der Waals surface area (Å²) in [5.41, 5.74) is 4.08. The number of benzene rings is 2. The van der Waals surface area contributed by atoms with E-state index < -0.39 is 5.60 Å². The van der Waals surface area contributed by atoms with Crippen molar-refractivity contribution in [3.05, 3.63) is 64.2 Å². The van der Waals surface area contributed by atoms with Gasteiger partial charge in [0.2, 0.25) is 0 Å². The minimum absolute atomic E-state index is 0.387. The standard InChI is InChI=1S/C18H16O4/c1-11-7-13(17(19)20-2)16-15(8-11)18(10-22-18)14-6-4-3-5-12(14)9-21-16/h3-8H,9-10H2,1-2H3. The van der Waals surface area contributed by atoms with Gasteiger partial charge in [0.15, 0.2) is 0 Å². The third-order valence-electron chi connectivity index (χ3n) is 4.33. The number of rotatable bonds is 1. The maximum atomic E-state index is 12.1. The number of methoxy groups -OCH3 is 1. The Morgan fingerprint density at radius 2 is 2.00 bits per heavy atom. The number of hydrogen-bond acceptors (Lipinski definition) is 4. The molecule has 0 amide bonds. The Morgan fingerprint density at radius 3 is 2.73 bits per heavy atom. The highest BCUT2D eigenvalue weighted by atomic mass is 16.6. The van der Waals surface area contributed by atoms with Gasteiger partial charge in [-0.25, -0.2) is 4.79 Å². The number of aryl methyl sites for hydroxylation is 1. The van der Waals surface area contributed by atoms with E-state index in [9.17, 15) is 4.79 Å². The summed E-state index contributed by atoms with van der Waals surface area (Å²) < 4.78 is 16.7. The molecule has 4 nitrogen and oxygen atoms in total. The molecule has 0 N–H and O–H groups in total. The van der Waals surface area contributed by atoms with Gasteiger partial charge in [-0.05, 0) is 35.7 Å². The highest BCUT2D eigenvalue weighted by Crippen LogP contribution is 2.52. The minimum atomic E-state index is -0.489. The number of ether oxygens (including phenoxy) is 3. The van der Waals surface area contributed by atoms with Crippen LogP contribution in [0.2, 0.25) is 0 Å². The van der Waals surface area contributed by atoms with E-state index in [0.717, 1.165) is 22.3 Å². The number of fused-ring (bicyclic) bond motifs is 4. The molecule has 4 rings (SSSR count). The summed E-state index contributed by atoms with van der Waals surface area (Å²) >= 11 is 0. The maximum Gasteiger partial charge on any atom is 0.341 e. The summed E-state index contributed by atoms with van der Waals surface area (Å²) in [6, 6.07) is 11.9. The van der Waals surface area contributed by atoms with Crippen molar-refractivity contribution in [1.29, 1.82) is 0 Å². The molecule has 4 heteroatoms. The molecule has 1 fully saturated rings. The van der Waals surface area contributed by atoms with Crippen molar-refractivity contribution < 1.29 is 19.0 Å². The van der Waals surface area contributed by atoms with Crippen LogP contribution in [0.4, 0.5) is 0 Å². The summed E-state index contributed by atoms with van der Waals surface area (Å²) in [5.74, 6) is 0.188. The molecule has 0 bridgehead atoms. The molecular formula is C18H16O4. The molecule has 1 atom stereocenters. The van der Waals surface area contributed by atoms with E-state index in [-0.39, 0.29) is 5.97 Å². The van der Waals surface area contributed by atoms with Crippen molar-refractivity contribution in [2.45, 2.75) is 19.1 Å². The lowest BCUT2D eigenvalue weighted by Crippen LogP contribution is -2.14. The molecule has 2 aliphatic rings. The van der Waals surface area contributed by atoms with Crippen LogP contribution in [0.1, 0.15) is 32.6 Å². The number of hydrogen-bond donors (Lipinski definition) is 0. The maximum absolute atomic E-state index is 12.1. The Labute approximate surface area is 128 Å². The number of esters is 1. The average Bonchev–Trinajstić information content (AvgIpc) is 3.35. The van der Waals surface area contributed by atoms with E-state index in [1.54, 1.807) is 6.07 Å². The van der Waals surface area contributed by atoms with Crippen molar-refractivity contribution >= 4 is 5.97 Å². The highest BCUT2D eigenvalue weighted by Gasteiger charge is 2.53. The number of epoxide rings is 1. The van der Waals surface area contributed by atoms with E-state index in [0.29, 0.717) is 24.5 Å². The molecule has 2 heterocycles. The fourth-order valence-corrected chi connectivity index (χ4v) is 3.21. The monoisotopic (exact) mass is 296 g/mol. The van der Waals surface area contributed by atoms with Crippen molar-refractivity contribution in [2.75, 3.05) is 13.7 Å². The molecule has 1 saturated heterocycles. The van der Waals surface area contributed by atoms with Crippen LogP contribution in [0.5, 0.6) is 5.75 Å². The van der Waals surface area contributed by atoms with E-state index in [2.05, 4.69) is 6.07 Å². The topological polar surface area (TPSA) is 48.1 Å². The van der Waals surface area contributed by atoms with Gasteiger partial charge >= 0.3 is 5.97 Å². The zero-order valence-electron chi connectivity index (χ0n) is 12.5. The van der Waals surface area contributed by atoms with E-state index >= 15 is 0 Å². The minimum Gasteiger partial charge on any atom is -0.488 e. The summed E-state index contributed by atoms with van der Waals surface area (Å²) in [6.07, 6.45) is 0. The Hall–Kier alpha value is -2.33. The second-order valence-electron chi connectivity index (χ2n) is 5.74. The van der Waals surface area contributed by atoms with Crippen LogP contribution < -0.4 is 4.74 Å². The fourth-order valence-electron chi connectivity index (χ4n) is 3.21. The molecule has 0 saturated carbocycles. The first kappa shape index (κ1) is 13.3. The van der Waals surface area contributed by atoms with Gasteiger partial charge in [0.05, 0.1) is 13.7 Å². The fraction of sp³-hybridized carbons (Fsp3) is 0.278. The van der Waals surface area contributed by atoms with E-state index in [1.165, 1.54) is 7.11 Å². The number of carbonyl (C=O) groups excluding carboxylic acids is 1. The lowest BCUT2D eigenvalue weighted by molar-refractivity contribution is 0.0595. The van der Waals surface area contributed by atoms with Crippen LogP contribution in [0.25, 0.3) is 0 Å². The molecule has 1 spiro atoms. The molecule has 1 unspecified atom stereocenters. The molecule has 0 aromatic heterocycles. The van der Waals surface area contributed by atoms with Crippen LogP contribution >= 0.6 is 0 Å². The van der Waals surface area contributed by atoms with Gasteiger partial charge in [-0.3, -0.25) is 0 Å². The molecule has 2 aromatic rings. The van der Waals surface area contributed by atoms with Gasteiger partial charge in [0, 0.05) is 5.56 Å². The predicted octanol–water partition coefficient (Wildman–Crippen LogP) is 2.95. The first-order chi connectivity index (χ1) is 10.7. The summed E-state index contributed by atoms with van der Waals surface area (Å²) in [6.45, 7) is 2.98. The third kappa shape index (κ3) is 1.77. The summed E-state index contributed by atoms with van der Waals surface area (Å²) in [7, 11) is 1.38. The first-order valence-electron chi connectivity index (χ1n) is 7.24. The smallest absolute Gasteiger partial charge is 0.341 e. The predicted molar refractivity (Wildman–Crippen MR) is 80.0 cm³/mol. The van der Waals surface area contributed by atoms with Gasteiger partial charge < -0.3 is 14.2 Å². The first-order valence-corrected chi connectivity index (χ1v) is 7.24. The van der Waals surface area contributed by atoms with E-state index in [4.69, 9.17) is 14.2 Å². The second-order valence-corrected chi connectivity index (χ2v) is 5.74. The second kappa shape index (κ2) is 4.58. The molecule has 22 heavy (non-hydrogen) atoms. The van der Waals surface area contributed by atoms with Crippen LogP contribution in [-0.2, 0) is 21.7 Å². The normalized spacial score (nSPS) is 21.4. The molecule has 112 valence electrons. The van der Waals surface area contributed by atoms with Crippen LogP contribution in [0.15, 0.2) is 36.4 Å². The van der Waals surface area contributed by atoms with Gasteiger partial charge in [0.1, 0.15) is 23.5 Å². The average molecular weight is 296 g/mol. The summed E-state index contributed by atoms with van der Waals surface area (Å²) in [4.78, 5) is 12.1. The Balaban J connectivity index is 1.98. The van der Waals surface area contributed by atoms with E-state index in [1.807, 2.05) is 31.2 Å². The lowest BCUT2D eigenvalue weighted by Gasteiger charge is -2.17. The quantitative estimate of drug-likeness (QED) is 0.599. The van der Waals surface area contributed by atoms with Crippen molar-refractivity contribution in [1.82, 2.24) is 0 Å². The van der Waals surface area contributed by atoms with Crippen molar-refractivity contribution in [3.63, 3.8) is 0 Å². The molecule has 2 aromatic carbocycles. The Bertz CT molecular complexity index is 775. The Morgan fingerprint density at radius 1 is 1.23 bits per heavy atom. The SMILES string of the molecule is COC(=O)c1cc(C)cc2c1OCc1ccccc1C21CO1. The zero-order valence-corrected chi connectivity index (χ0v) is 12.5. The highest BCUT2D eigenvalue weighted by molar-refractivity contribution is 5.93. The third-order valence-corrected chi connectivity index (χ3v) is 4.33. The summed E-state index contributed by atoms with van der Waals surface area (Å²) in [5, 5.41) is 0.